The van der Waals surface area contributed by atoms with Gasteiger partial charge in [-0.25, -0.2) is 8.42 Å². The number of hydrogen-bond donors (Lipinski definition) is 1. The first-order valence-electron chi connectivity index (χ1n) is 7.46. The van der Waals surface area contributed by atoms with Crippen LogP contribution in [0.4, 0.5) is 0 Å². The van der Waals surface area contributed by atoms with Gasteiger partial charge in [-0.2, -0.15) is 0 Å². The van der Waals surface area contributed by atoms with Gasteiger partial charge in [0.1, 0.15) is 0 Å². The molecule has 110 valence electrons. The molecule has 3 atom stereocenters. The first kappa shape index (κ1) is 14.1. The van der Waals surface area contributed by atoms with Crippen LogP contribution in [0.5, 0.6) is 0 Å². The topological polar surface area (TPSA) is 46.2 Å². The van der Waals surface area contributed by atoms with E-state index in [0.717, 1.165) is 19.3 Å². The molecule has 1 aliphatic heterocycles. The second-order valence-corrected chi connectivity index (χ2v) is 8.89. The SMILES string of the molecule is CC1CCC(NC2(C)CCS(=O)(=O)C2)c2ccccc21. The Kier molecular flexibility index (Phi) is 3.41. The van der Waals surface area contributed by atoms with Crippen molar-refractivity contribution in [3.05, 3.63) is 35.4 Å². The Morgan fingerprint density at radius 1 is 1.20 bits per heavy atom. The summed E-state index contributed by atoms with van der Waals surface area (Å²) >= 11 is 0. The van der Waals surface area contributed by atoms with Gasteiger partial charge in [0, 0.05) is 11.6 Å². The van der Waals surface area contributed by atoms with Gasteiger partial charge < -0.3 is 5.32 Å². The highest BCUT2D eigenvalue weighted by molar-refractivity contribution is 7.91. The molecular formula is C16H23NO2S. The first-order valence-corrected chi connectivity index (χ1v) is 9.28. The monoisotopic (exact) mass is 293 g/mol. The second kappa shape index (κ2) is 4.85. The number of sulfone groups is 1. The molecular weight excluding hydrogens is 270 g/mol. The van der Waals surface area contributed by atoms with E-state index in [9.17, 15) is 8.42 Å². The molecule has 4 heteroatoms. The van der Waals surface area contributed by atoms with Crippen LogP contribution in [0.25, 0.3) is 0 Å². The molecule has 1 heterocycles. The molecule has 0 radical (unpaired) electrons. The van der Waals surface area contributed by atoms with Crippen molar-refractivity contribution in [1.82, 2.24) is 5.32 Å². The molecule has 0 saturated carbocycles. The van der Waals surface area contributed by atoms with Crippen molar-refractivity contribution in [2.24, 2.45) is 0 Å². The Bertz CT molecular complexity index is 611. The molecule has 20 heavy (non-hydrogen) atoms. The van der Waals surface area contributed by atoms with Gasteiger partial charge >= 0.3 is 0 Å². The van der Waals surface area contributed by atoms with E-state index in [4.69, 9.17) is 0 Å². The van der Waals surface area contributed by atoms with Crippen molar-refractivity contribution in [2.75, 3.05) is 11.5 Å². The fraction of sp³-hybridized carbons (Fsp3) is 0.625. The zero-order valence-corrected chi connectivity index (χ0v) is 13.0. The summed E-state index contributed by atoms with van der Waals surface area (Å²) in [6, 6.07) is 8.87. The number of fused-ring (bicyclic) bond motifs is 1. The van der Waals surface area contributed by atoms with Crippen LogP contribution in [0, 0.1) is 0 Å². The maximum atomic E-state index is 11.7. The van der Waals surface area contributed by atoms with E-state index in [0.29, 0.717) is 17.7 Å². The summed E-state index contributed by atoms with van der Waals surface area (Å²) in [5.41, 5.74) is 2.51. The average molecular weight is 293 g/mol. The zero-order chi connectivity index (χ0) is 14.4. The number of rotatable bonds is 2. The fourth-order valence-corrected chi connectivity index (χ4v) is 5.80. The lowest BCUT2D eigenvalue weighted by molar-refractivity contribution is 0.312. The minimum Gasteiger partial charge on any atom is -0.304 e. The molecule has 3 nitrogen and oxygen atoms in total. The van der Waals surface area contributed by atoms with Gasteiger partial charge in [-0.15, -0.1) is 0 Å². The van der Waals surface area contributed by atoms with Crippen LogP contribution in [0.3, 0.4) is 0 Å². The summed E-state index contributed by atoms with van der Waals surface area (Å²) in [7, 11) is -2.86. The van der Waals surface area contributed by atoms with Crippen molar-refractivity contribution < 1.29 is 8.42 Å². The van der Waals surface area contributed by atoms with Crippen LogP contribution >= 0.6 is 0 Å². The molecule has 3 unspecified atom stereocenters. The molecule has 0 amide bonds. The predicted molar refractivity (Wildman–Crippen MR) is 81.6 cm³/mol. The highest BCUT2D eigenvalue weighted by Gasteiger charge is 2.40. The predicted octanol–water partition coefficient (Wildman–Crippen LogP) is 2.79. The van der Waals surface area contributed by atoms with E-state index >= 15 is 0 Å². The lowest BCUT2D eigenvalue weighted by atomic mass is 9.80. The second-order valence-electron chi connectivity index (χ2n) is 6.71. The average Bonchev–Trinajstić information content (AvgIpc) is 2.68. The fourth-order valence-electron chi connectivity index (χ4n) is 3.70. The van der Waals surface area contributed by atoms with Gasteiger partial charge in [0.2, 0.25) is 0 Å². The Morgan fingerprint density at radius 3 is 2.55 bits per heavy atom. The molecule has 1 aromatic rings. The van der Waals surface area contributed by atoms with E-state index in [1.54, 1.807) is 0 Å². The van der Waals surface area contributed by atoms with Crippen LogP contribution in [0.1, 0.15) is 56.2 Å². The maximum absolute atomic E-state index is 11.7. The highest BCUT2D eigenvalue weighted by atomic mass is 32.2. The highest BCUT2D eigenvalue weighted by Crippen LogP contribution is 2.39. The zero-order valence-electron chi connectivity index (χ0n) is 12.2. The summed E-state index contributed by atoms with van der Waals surface area (Å²) in [5, 5.41) is 3.65. The van der Waals surface area contributed by atoms with Crippen molar-refractivity contribution in [3.8, 4) is 0 Å². The van der Waals surface area contributed by atoms with Gasteiger partial charge in [-0.3, -0.25) is 0 Å². The molecule has 0 bridgehead atoms. The Hall–Kier alpha value is -0.870. The summed E-state index contributed by atoms with van der Waals surface area (Å²) < 4.78 is 23.5. The van der Waals surface area contributed by atoms with Gasteiger partial charge in [-0.05, 0) is 43.2 Å². The van der Waals surface area contributed by atoms with Crippen LogP contribution < -0.4 is 5.32 Å². The van der Waals surface area contributed by atoms with Crippen LogP contribution in [0.15, 0.2) is 24.3 Å². The standard InChI is InChI=1S/C16H23NO2S/c1-12-7-8-15(14-6-4-3-5-13(12)14)17-16(2)9-10-20(18,19)11-16/h3-6,12,15,17H,7-11H2,1-2H3. The smallest absolute Gasteiger partial charge is 0.152 e. The van der Waals surface area contributed by atoms with E-state index in [-0.39, 0.29) is 11.3 Å². The van der Waals surface area contributed by atoms with Gasteiger partial charge in [0.15, 0.2) is 9.84 Å². The molecule has 0 spiro atoms. The minimum absolute atomic E-state index is 0.267. The number of benzene rings is 1. The third-order valence-electron chi connectivity index (χ3n) is 4.82. The summed E-state index contributed by atoms with van der Waals surface area (Å²) in [6.07, 6.45) is 2.98. The molecule has 1 saturated heterocycles. The quantitative estimate of drug-likeness (QED) is 0.912. The molecule has 2 aliphatic rings. The molecule has 1 aliphatic carbocycles. The summed E-state index contributed by atoms with van der Waals surface area (Å²) in [4.78, 5) is 0. The normalized spacial score (nSPS) is 35.7. The van der Waals surface area contributed by atoms with Crippen molar-refractivity contribution in [3.63, 3.8) is 0 Å². The van der Waals surface area contributed by atoms with Crippen LogP contribution in [-0.2, 0) is 9.84 Å². The first-order chi connectivity index (χ1) is 9.39. The van der Waals surface area contributed by atoms with Crippen molar-refractivity contribution in [2.45, 2.75) is 50.6 Å². The maximum Gasteiger partial charge on any atom is 0.152 e. The minimum atomic E-state index is -2.86. The van der Waals surface area contributed by atoms with Gasteiger partial charge in [-0.1, -0.05) is 31.2 Å². The van der Waals surface area contributed by atoms with E-state index in [2.05, 4.69) is 43.4 Å². The molecule has 0 aromatic heterocycles. The van der Waals surface area contributed by atoms with Crippen molar-refractivity contribution in [1.29, 1.82) is 0 Å². The lowest BCUT2D eigenvalue weighted by Gasteiger charge is -2.36. The van der Waals surface area contributed by atoms with E-state index in [1.165, 1.54) is 11.1 Å². The Morgan fingerprint density at radius 2 is 1.90 bits per heavy atom. The van der Waals surface area contributed by atoms with Crippen LogP contribution in [-0.4, -0.2) is 25.5 Å². The van der Waals surface area contributed by atoms with Gasteiger partial charge in [0.25, 0.3) is 0 Å². The Labute approximate surface area is 121 Å². The Balaban J connectivity index is 1.84. The summed E-state index contributed by atoms with van der Waals surface area (Å²) in [5.74, 6) is 1.19. The molecule has 1 N–H and O–H groups in total. The third kappa shape index (κ3) is 2.63. The molecule has 1 fully saturated rings. The van der Waals surface area contributed by atoms with Crippen molar-refractivity contribution >= 4 is 9.84 Å². The lowest BCUT2D eigenvalue weighted by Crippen LogP contribution is -2.46. The number of hydrogen-bond acceptors (Lipinski definition) is 3. The third-order valence-corrected chi connectivity index (χ3v) is 6.72. The summed E-state index contributed by atoms with van der Waals surface area (Å²) in [6.45, 7) is 4.33. The largest absolute Gasteiger partial charge is 0.304 e. The van der Waals surface area contributed by atoms with E-state index < -0.39 is 9.84 Å². The van der Waals surface area contributed by atoms with E-state index in [1.807, 2.05) is 0 Å². The molecule has 3 rings (SSSR count). The number of nitrogens with one attached hydrogen (secondary N) is 1. The van der Waals surface area contributed by atoms with Gasteiger partial charge in [0.05, 0.1) is 11.5 Å². The molecule has 1 aromatic carbocycles. The van der Waals surface area contributed by atoms with Crippen LogP contribution in [0.2, 0.25) is 0 Å².